The van der Waals surface area contributed by atoms with Crippen LogP contribution in [-0.4, -0.2) is 39.3 Å². The molecule has 0 radical (unpaired) electrons. The molecule has 1 atom stereocenters. The molecule has 146 valence electrons. The second-order valence-electron chi connectivity index (χ2n) is 6.47. The monoisotopic (exact) mass is 480 g/mol. The Bertz CT molecular complexity index is 700. The standard InChI is InChI=1S/C21H28N4O.HI/c1-17(19-6-4-3-5-7-19)24-21(22-2)23-16-18-8-10-20(11-9-18)25-12-14-26-15-13-25;/h3-11,17H,12-16H2,1-2H3,(H2,22,23,24);1H. The fourth-order valence-electron chi connectivity index (χ4n) is 3.06. The zero-order valence-corrected chi connectivity index (χ0v) is 18.4. The van der Waals surface area contributed by atoms with Crippen LogP contribution in [0.15, 0.2) is 59.6 Å². The lowest BCUT2D eigenvalue weighted by molar-refractivity contribution is 0.122. The van der Waals surface area contributed by atoms with Crippen LogP contribution in [0.4, 0.5) is 5.69 Å². The molecule has 0 saturated carbocycles. The predicted molar refractivity (Wildman–Crippen MR) is 123 cm³/mol. The lowest BCUT2D eigenvalue weighted by Gasteiger charge is -2.29. The maximum atomic E-state index is 5.41. The van der Waals surface area contributed by atoms with Gasteiger partial charge in [0.2, 0.25) is 0 Å². The Kier molecular flexibility index (Phi) is 8.87. The van der Waals surface area contributed by atoms with Crippen molar-refractivity contribution in [2.75, 3.05) is 38.3 Å². The summed E-state index contributed by atoms with van der Waals surface area (Å²) in [7, 11) is 1.80. The fraction of sp³-hybridized carbons (Fsp3) is 0.381. The summed E-state index contributed by atoms with van der Waals surface area (Å²) in [5.74, 6) is 0.804. The number of anilines is 1. The highest BCUT2D eigenvalue weighted by Gasteiger charge is 2.11. The first-order valence-corrected chi connectivity index (χ1v) is 9.20. The highest BCUT2D eigenvalue weighted by atomic mass is 127. The van der Waals surface area contributed by atoms with E-state index in [1.807, 2.05) is 6.07 Å². The second kappa shape index (κ2) is 11.1. The Morgan fingerprint density at radius 2 is 1.74 bits per heavy atom. The molecule has 1 aliphatic heterocycles. The Hall–Kier alpha value is -1.80. The average molecular weight is 480 g/mol. The number of benzene rings is 2. The lowest BCUT2D eigenvalue weighted by atomic mass is 10.1. The van der Waals surface area contributed by atoms with Gasteiger partial charge in [-0.25, -0.2) is 0 Å². The summed E-state index contributed by atoms with van der Waals surface area (Å²) in [6, 6.07) is 19.3. The van der Waals surface area contributed by atoms with E-state index in [2.05, 4.69) is 76.0 Å². The van der Waals surface area contributed by atoms with Crippen molar-refractivity contribution < 1.29 is 4.74 Å². The normalized spacial score (nSPS) is 15.6. The largest absolute Gasteiger partial charge is 0.378 e. The summed E-state index contributed by atoms with van der Waals surface area (Å²) in [6.45, 7) is 6.43. The number of ether oxygens (including phenoxy) is 1. The first-order valence-electron chi connectivity index (χ1n) is 9.20. The molecule has 0 aliphatic carbocycles. The van der Waals surface area contributed by atoms with E-state index in [4.69, 9.17) is 4.74 Å². The van der Waals surface area contributed by atoms with Gasteiger partial charge in [-0.05, 0) is 30.2 Å². The zero-order chi connectivity index (χ0) is 18.2. The lowest BCUT2D eigenvalue weighted by Crippen LogP contribution is -2.38. The predicted octanol–water partition coefficient (Wildman–Crippen LogP) is 3.57. The van der Waals surface area contributed by atoms with Crippen LogP contribution in [0, 0.1) is 0 Å². The molecule has 1 saturated heterocycles. The van der Waals surface area contributed by atoms with E-state index < -0.39 is 0 Å². The van der Waals surface area contributed by atoms with E-state index in [0.29, 0.717) is 0 Å². The average Bonchev–Trinajstić information content (AvgIpc) is 2.72. The Balaban J connectivity index is 0.00000261. The second-order valence-corrected chi connectivity index (χ2v) is 6.47. The van der Waals surface area contributed by atoms with E-state index in [-0.39, 0.29) is 30.0 Å². The number of nitrogens with one attached hydrogen (secondary N) is 2. The van der Waals surface area contributed by atoms with Crippen molar-refractivity contribution >= 4 is 35.6 Å². The topological polar surface area (TPSA) is 48.9 Å². The molecule has 6 heteroatoms. The molecular formula is C21H29IN4O. The third-order valence-electron chi connectivity index (χ3n) is 4.65. The van der Waals surface area contributed by atoms with Gasteiger partial charge in [0.25, 0.3) is 0 Å². The number of guanidine groups is 1. The van der Waals surface area contributed by atoms with Crippen LogP contribution in [-0.2, 0) is 11.3 Å². The molecular weight excluding hydrogens is 451 g/mol. The van der Waals surface area contributed by atoms with E-state index in [1.54, 1.807) is 7.05 Å². The molecule has 0 aromatic heterocycles. The molecule has 5 nitrogen and oxygen atoms in total. The van der Waals surface area contributed by atoms with Gasteiger partial charge in [0.1, 0.15) is 0 Å². The van der Waals surface area contributed by atoms with E-state index in [1.165, 1.54) is 16.8 Å². The molecule has 2 N–H and O–H groups in total. The maximum Gasteiger partial charge on any atom is 0.191 e. The number of rotatable bonds is 5. The van der Waals surface area contributed by atoms with Gasteiger partial charge in [-0.15, -0.1) is 24.0 Å². The van der Waals surface area contributed by atoms with Crippen LogP contribution in [0.5, 0.6) is 0 Å². The van der Waals surface area contributed by atoms with E-state index >= 15 is 0 Å². The Morgan fingerprint density at radius 1 is 1.07 bits per heavy atom. The minimum absolute atomic E-state index is 0. The minimum atomic E-state index is 0. The van der Waals surface area contributed by atoms with Gasteiger partial charge in [0.15, 0.2) is 5.96 Å². The first-order chi connectivity index (χ1) is 12.8. The molecule has 0 spiro atoms. The van der Waals surface area contributed by atoms with Crippen molar-refractivity contribution in [1.82, 2.24) is 10.6 Å². The summed E-state index contributed by atoms with van der Waals surface area (Å²) >= 11 is 0. The molecule has 0 bridgehead atoms. The van der Waals surface area contributed by atoms with E-state index in [9.17, 15) is 0 Å². The quantitative estimate of drug-likeness (QED) is 0.391. The summed E-state index contributed by atoms with van der Waals surface area (Å²) in [4.78, 5) is 6.70. The van der Waals surface area contributed by atoms with Crippen LogP contribution in [0.3, 0.4) is 0 Å². The summed E-state index contributed by atoms with van der Waals surface area (Å²) in [5.41, 5.74) is 3.74. The van der Waals surface area contributed by atoms with Crippen molar-refractivity contribution in [2.24, 2.45) is 4.99 Å². The van der Waals surface area contributed by atoms with Gasteiger partial charge < -0.3 is 20.3 Å². The van der Waals surface area contributed by atoms with Gasteiger partial charge in [0, 0.05) is 32.4 Å². The van der Waals surface area contributed by atoms with Gasteiger partial charge >= 0.3 is 0 Å². The molecule has 2 aromatic rings. The number of hydrogen-bond donors (Lipinski definition) is 2. The summed E-state index contributed by atoms with van der Waals surface area (Å²) in [6.07, 6.45) is 0. The van der Waals surface area contributed by atoms with Gasteiger partial charge in [-0.1, -0.05) is 42.5 Å². The maximum absolute atomic E-state index is 5.41. The molecule has 3 rings (SSSR count). The smallest absolute Gasteiger partial charge is 0.191 e. The highest BCUT2D eigenvalue weighted by Crippen LogP contribution is 2.16. The molecule has 1 aliphatic rings. The number of nitrogens with zero attached hydrogens (tertiary/aromatic N) is 2. The van der Waals surface area contributed by atoms with Crippen LogP contribution in [0.25, 0.3) is 0 Å². The zero-order valence-electron chi connectivity index (χ0n) is 16.0. The first kappa shape index (κ1) is 21.5. The van der Waals surface area contributed by atoms with Crippen LogP contribution < -0.4 is 15.5 Å². The summed E-state index contributed by atoms with van der Waals surface area (Å²) in [5, 5.41) is 6.82. The van der Waals surface area contributed by atoms with Crippen molar-refractivity contribution in [1.29, 1.82) is 0 Å². The van der Waals surface area contributed by atoms with Gasteiger partial charge in [-0.3, -0.25) is 4.99 Å². The molecule has 1 heterocycles. The highest BCUT2D eigenvalue weighted by molar-refractivity contribution is 14.0. The van der Waals surface area contributed by atoms with Gasteiger partial charge in [0.05, 0.1) is 19.3 Å². The molecule has 2 aromatic carbocycles. The van der Waals surface area contributed by atoms with E-state index in [0.717, 1.165) is 38.8 Å². The molecule has 1 fully saturated rings. The Morgan fingerprint density at radius 3 is 2.37 bits per heavy atom. The number of halogens is 1. The minimum Gasteiger partial charge on any atom is -0.378 e. The summed E-state index contributed by atoms with van der Waals surface area (Å²) < 4.78 is 5.41. The van der Waals surface area contributed by atoms with Crippen molar-refractivity contribution in [3.8, 4) is 0 Å². The third kappa shape index (κ3) is 6.39. The van der Waals surface area contributed by atoms with Crippen molar-refractivity contribution in [2.45, 2.75) is 19.5 Å². The number of morpholine rings is 1. The van der Waals surface area contributed by atoms with Crippen molar-refractivity contribution in [3.63, 3.8) is 0 Å². The van der Waals surface area contributed by atoms with Crippen molar-refractivity contribution in [3.05, 3.63) is 65.7 Å². The van der Waals surface area contributed by atoms with Crippen LogP contribution in [0.2, 0.25) is 0 Å². The van der Waals surface area contributed by atoms with Gasteiger partial charge in [-0.2, -0.15) is 0 Å². The molecule has 0 amide bonds. The molecule has 27 heavy (non-hydrogen) atoms. The SMILES string of the molecule is CN=C(NCc1ccc(N2CCOCC2)cc1)NC(C)c1ccccc1.I. The third-order valence-corrected chi connectivity index (χ3v) is 4.65. The molecule has 1 unspecified atom stereocenters. The van der Waals surface area contributed by atoms with Crippen LogP contribution >= 0.6 is 24.0 Å². The number of hydrogen-bond acceptors (Lipinski definition) is 3. The number of aliphatic imine (C=N–C) groups is 1. The fourth-order valence-corrected chi connectivity index (χ4v) is 3.06. The Labute approximate surface area is 179 Å². The van der Waals surface area contributed by atoms with Crippen LogP contribution in [0.1, 0.15) is 24.1 Å².